The molecule has 0 spiro atoms. The normalized spacial score (nSPS) is 11.7. The van der Waals surface area contributed by atoms with Crippen LogP contribution in [-0.4, -0.2) is 12.6 Å². The number of ether oxygens (including phenoxy) is 1. The van der Waals surface area contributed by atoms with E-state index in [-0.39, 0.29) is 0 Å². The van der Waals surface area contributed by atoms with Gasteiger partial charge in [0.2, 0.25) is 0 Å². The molecule has 1 N–H and O–H groups in total. The van der Waals surface area contributed by atoms with Gasteiger partial charge in [0.25, 0.3) is 0 Å². The van der Waals surface area contributed by atoms with Crippen molar-refractivity contribution >= 4 is 17.4 Å². The van der Waals surface area contributed by atoms with Crippen LogP contribution in [0, 0.1) is 0 Å². The minimum atomic E-state index is -0.409. The van der Waals surface area contributed by atoms with Gasteiger partial charge in [-0.1, -0.05) is 50.8 Å². The standard InChI is InChI=1S/C17H21NO3.C2H6/c1-5-9-13(10-6-2)15-11-12-16(21-15)18-14(7-3)17(19)20-8-4;1-2/h5-7,9-12,18H,1,8H2,2-4H3;1-2H3/b10-6-,13-9+,14-7-;. The maximum absolute atomic E-state index is 11.7. The number of carbonyl (C=O) groups excluding carboxylic acids is 1. The third kappa shape index (κ3) is 6.87. The Morgan fingerprint density at radius 3 is 2.57 bits per heavy atom. The lowest BCUT2D eigenvalue weighted by Crippen LogP contribution is -2.14. The molecule has 23 heavy (non-hydrogen) atoms. The van der Waals surface area contributed by atoms with Crippen LogP contribution >= 0.6 is 0 Å². The fourth-order valence-corrected chi connectivity index (χ4v) is 1.67. The summed E-state index contributed by atoms with van der Waals surface area (Å²) in [5, 5.41) is 2.92. The summed E-state index contributed by atoms with van der Waals surface area (Å²) < 4.78 is 10.6. The van der Waals surface area contributed by atoms with Crippen molar-refractivity contribution in [2.75, 3.05) is 11.9 Å². The van der Waals surface area contributed by atoms with Gasteiger partial charge in [-0.3, -0.25) is 0 Å². The van der Waals surface area contributed by atoms with Gasteiger partial charge in [-0.2, -0.15) is 0 Å². The lowest BCUT2D eigenvalue weighted by atomic mass is 10.2. The van der Waals surface area contributed by atoms with Crippen LogP contribution < -0.4 is 5.32 Å². The van der Waals surface area contributed by atoms with Gasteiger partial charge in [0.05, 0.1) is 6.61 Å². The lowest BCUT2D eigenvalue weighted by molar-refractivity contribution is -0.138. The fourth-order valence-electron chi connectivity index (χ4n) is 1.67. The van der Waals surface area contributed by atoms with Crippen molar-refractivity contribution in [3.8, 4) is 0 Å². The third-order valence-corrected chi connectivity index (χ3v) is 2.58. The van der Waals surface area contributed by atoms with Crippen LogP contribution in [0.25, 0.3) is 5.57 Å². The van der Waals surface area contributed by atoms with E-state index in [1.54, 1.807) is 32.1 Å². The molecular weight excluding hydrogens is 290 g/mol. The van der Waals surface area contributed by atoms with Gasteiger partial charge in [0.1, 0.15) is 11.5 Å². The van der Waals surface area contributed by atoms with Crippen molar-refractivity contribution in [2.45, 2.75) is 34.6 Å². The predicted octanol–water partition coefficient (Wildman–Crippen LogP) is 5.33. The quantitative estimate of drug-likeness (QED) is 0.419. The molecule has 0 saturated heterocycles. The summed E-state index contributed by atoms with van der Waals surface area (Å²) in [6.45, 7) is 13.5. The number of anilines is 1. The molecule has 0 aliphatic heterocycles. The highest BCUT2D eigenvalue weighted by atomic mass is 16.5. The molecule has 0 fully saturated rings. The van der Waals surface area contributed by atoms with E-state index in [9.17, 15) is 4.79 Å². The number of carbonyl (C=O) groups is 1. The molecule has 4 nitrogen and oxygen atoms in total. The van der Waals surface area contributed by atoms with Crippen molar-refractivity contribution in [1.82, 2.24) is 0 Å². The first-order valence-electron chi connectivity index (χ1n) is 7.82. The fraction of sp³-hybridized carbons (Fsp3) is 0.316. The summed E-state index contributed by atoms with van der Waals surface area (Å²) >= 11 is 0. The number of nitrogens with one attached hydrogen (secondary N) is 1. The lowest BCUT2D eigenvalue weighted by Gasteiger charge is -2.07. The Bertz CT molecular complexity index is 577. The van der Waals surface area contributed by atoms with Gasteiger partial charge in [0, 0.05) is 11.6 Å². The summed E-state index contributed by atoms with van der Waals surface area (Å²) in [6, 6.07) is 3.59. The second-order valence-corrected chi connectivity index (χ2v) is 4.07. The van der Waals surface area contributed by atoms with E-state index in [0.717, 1.165) is 5.57 Å². The van der Waals surface area contributed by atoms with Crippen LogP contribution in [0.5, 0.6) is 0 Å². The van der Waals surface area contributed by atoms with Gasteiger partial charge >= 0.3 is 5.97 Å². The minimum absolute atomic E-state index is 0.328. The number of hydrogen-bond acceptors (Lipinski definition) is 4. The predicted molar refractivity (Wildman–Crippen MR) is 97.1 cm³/mol. The van der Waals surface area contributed by atoms with Gasteiger partial charge < -0.3 is 14.5 Å². The smallest absolute Gasteiger partial charge is 0.354 e. The molecule has 0 saturated carbocycles. The zero-order valence-corrected chi connectivity index (χ0v) is 14.7. The Morgan fingerprint density at radius 1 is 1.35 bits per heavy atom. The average molecular weight is 317 g/mol. The van der Waals surface area contributed by atoms with Gasteiger partial charge in [-0.05, 0) is 26.8 Å². The van der Waals surface area contributed by atoms with E-state index in [1.165, 1.54) is 0 Å². The Labute approximate surface area is 139 Å². The van der Waals surface area contributed by atoms with E-state index >= 15 is 0 Å². The highest BCUT2D eigenvalue weighted by Gasteiger charge is 2.12. The molecule has 0 aromatic carbocycles. The number of rotatable bonds is 7. The van der Waals surface area contributed by atoms with Crippen molar-refractivity contribution in [1.29, 1.82) is 0 Å². The molecule has 1 rings (SSSR count). The van der Waals surface area contributed by atoms with Crippen LogP contribution in [0.15, 0.2) is 59.2 Å². The first kappa shape index (κ1) is 20.5. The molecule has 0 amide bonds. The first-order chi connectivity index (χ1) is 11.2. The van der Waals surface area contributed by atoms with Crippen molar-refractivity contribution in [3.63, 3.8) is 0 Å². The van der Waals surface area contributed by atoms with Crippen LogP contribution in [0.2, 0.25) is 0 Å². The van der Waals surface area contributed by atoms with E-state index in [0.29, 0.717) is 23.9 Å². The Hall–Kier alpha value is -2.49. The molecule has 0 atom stereocenters. The van der Waals surface area contributed by atoms with Crippen LogP contribution in [0.1, 0.15) is 40.4 Å². The van der Waals surface area contributed by atoms with Crippen molar-refractivity contribution in [3.05, 3.63) is 60.5 Å². The van der Waals surface area contributed by atoms with Gasteiger partial charge in [-0.25, -0.2) is 4.79 Å². The topological polar surface area (TPSA) is 51.5 Å². The first-order valence-corrected chi connectivity index (χ1v) is 7.82. The second-order valence-electron chi connectivity index (χ2n) is 4.07. The SMILES string of the molecule is C=C/C=C(\C=C/C)c1ccc(N/C(=C\C)C(=O)OCC)o1.CC. The summed E-state index contributed by atoms with van der Waals surface area (Å²) in [5.41, 5.74) is 1.25. The molecular formula is C19H27NO3. The van der Waals surface area contributed by atoms with E-state index in [4.69, 9.17) is 9.15 Å². The molecule has 0 aliphatic rings. The summed E-state index contributed by atoms with van der Waals surface area (Å²) in [4.78, 5) is 11.7. The van der Waals surface area contributed by atoms with Gasteiger partial charge in [0.15, 0.2) is 5.88 Å². The maximum Gasteiger partial charge on any atom is 0.354 e. The largest absolute Gasteiger partial charge is 0.461 e. The van der Waals surface area contributed by atoms with Crippen LogP contribution in [0.3, 0.4) is 0 Å². The molecule has 0 aliphatic carbocycles. The Balaban J connectivity index is 0.00000232. The van der Waals surface area contributed by atoms with Crippen molar-refractivity contribution < 1.29 is 13.9 Å². The van der Waals surface area contributed by atoms with Crippen molar-refractivity contribution in [2.24, 2.45) is 0 Å². The zero-order valence-electron chi connectivity index (χ0n) is 14.7. The maximum atomic E-state index is 11.7. The van der Waals surface area contributed by atoms with E-state index < -0.39 is 5.97 Å². The van der Waals surface area contributed by atoms with E-state index in [1.807, 2.05) is 45.1 Å². The molecule has 1 heterocycles. The van der Waals surface area contributed by atoms with Crippen LogP contribution in [0.4, 0.5) is 5.88 Å². The number of furan rings is 1. The highest BCUT2D eigenvalue weighted by molar-refractivity contribution is 5.91. The number of hydrogen-bond donors (Lipinski definition) is 1. The van der Waals surface area contributed by atoms with E-state index in [2.05, 4.69) is 11.9 Å². The Morgan fingerprint density at radius 2 is 2.04 bits per heavy atom. The molecule has 0 bridgehead atoms. The summed E-state index contributed by atoms with van der Waals surface area (Å²) in [6.07, 6.45) is 9.03. The summed E-state index contributed by atoms with van der Waals surface area (Å²) in [5.74, 6) is 0.758. The van der Waals surface area contributed by atoms with Gasteiger partial charge in [-0.15, -0.1) is 0 Å². The zero-order chi connectivity index (χ0) is 17.7. The number of allylic oxidation sites excluding steroid dienone is 6. The third-order valence-electron chi connectivity index (χ3n) is 2.58. The molecule has 0 unspecified atom stereocenters. The highest BCUT2D eigenvalue weighted by Crippen LogP contribution is 2.23. The average Bonchev–Trinajstić information content (AvgIpc) is 3.03. The second kappa shape index (κ2) is 12.1. The monoisotopic (exact) mass is 317 g/mol. The molecule has 4 heteroatoms. The van der Waals surface area contributed by atoms with Crippen LogP contribution in [-0.2, 0) is 9.53 Å². The minimum Gasteiger partial charge on any atom is -0.461 e. The molecule has 1 aromatic heterocycles. The summed E-state index contributed by atoms with van der Waals surface area (Å²) in [7, 11) is 0. The Kier molecular flexibility index (Phi) is 10.8. The molecule has 1 aromatic rings. The number of esters is 1. The molecule has 126 valence electrons. The molecule has 0 radical (unpaired) electrons.